The van der Waals surface area contributed by atoms with Crippen LogP contribution in [0.5, 0.6) is 5.75 Å². The number of carbonyl (C=O) groups excluding carboxylic acids is 1. The summed E-state index contributed by atoms with van der Waals surface area (Å²) in [6.07, 6.45) is 3.11. The van der Waals surface area contributed by atoms with Crippen LogP contribution in [0.4, 0.5) is 0 Å². The van der Waals surface area contributed by atoms with Crippen LogP contribution in [0.2, 0.25) is 5.02 Å². The predicted molar refractivity (Wildman–Crippen MR) is 80.1 cm³/mol. The fourth-order valence-corrected chi connectivity index (χ4v) is 2.82. The summed E-state index contributed by atoms with van der Waals surface area (Å²) in [5.41, 5.74) is 5.33. The number of amidine groups is 1. The average molecular weight is 312 g/mol. The lowest BCUT2D eigenvalue weighted by Crippen LogP contribution is -2.55. The Morgan fingerprint density at radius 2 is 2.14 bits per heavy atom. The van der Waals surface area contributed by atoms with Gasteiger partial charge in [-0.3, -0.25) is 4.79 Å². The van der Waals surface area contributed by atoms with Gasteiger partial charge in [0.2, 0.25) is 0 Å². The van der Waals surface area contributed by atoms with Crippen LogP contribution in [0, 0.1) is 0 Å². The fourth-order valence-electron chi connectivity index (χ4n) is 2.66. The number of oxime groups is 1. The van der Waals surface area contributed by atoms with E-state index >= 15 is 0 Å². The zero-order valence-electron chi connectivity index (χ0n) is 11.7. The molecule has 7 heteroatoms. The number of hydrogen-bond donors (Lipinski definition) is 3. The van der Waals surface area contributed by atoms with Crippen LogP contribution in [-0.2, 0) is 0 Å². The van der Waals surface area contributed by atoms with E-state index in [9.17, 15) is 4.79 Å². The molecule has 1 saturated carbocycles. The molecule has 0 spiro atoms. The molecule has 4 N–H and O–H groups in total. The first-order chi connectivity index (χ1) is 10.0. The summed E-state index contributed by atoms with van der Waals surface area (Å²) in [4.78, 5) is 12.5. The molecule has 0 unspecified atom stereocenters. The number of methoxy groups -OCH3 is 1. The zero-order valence-corrected chi connectivity index (χ0v) is 12.5. The topological polar surface area (TPSA) is 96.9 Å². The van der Waals surface area contributed by atoms with E-state index in [-0.39, 0.29) is 11.7 Å². The van der Waals surface area contributed by atoms with Crippen LogP contribution in [0.15, 0.2) is 23.4 Å². The van der Waals surface area contributed by atoms with Gasteiger partial charge in [0, 0.05) is 5.02 Å². The molecule has 0 saturated heterocycles. The van der Waals surface area contributed by atoms with E-state index in [1.165, 1.54) is 7.11 Å². The van der Waals surface area contributed by atoms with E-state index in [1.54, 1.807) is 18.2 Å². The largest absolute Gasteiger partial charge is 0.496 e. The highest BCUT2D eigenvalue weighted by molar-refractivity contribution is 6.30. The van der Waals surface area contributed by atoms with E-state index in [4.69, 9.17) is 27.3 Å². The van der Waals surface area contributed by atoms with Crippen LogP contribution in [0.3, 0.4) is 0 Å². The third-order valence-corrected chi connectivity index (χ3v) is 4.05. The van der Waals surface area contributed by atoms with Crippen LogP contribution < -0.4 is 15.8 Å². The van der Waals surface area contributed by atoms with Crippen LogP contribution in [0.1, 0.15) is 36.0 Å². The minimum absolute atomic E-state index is 0.0290. The number of nitrogens with zero attached hydrogens (tertiary/aromatic N) is 1. The van der Waals surface area contributed by atoms with Crippen molar-refractivity contribution in [1.29, 1.82) is 0 Å². The van der Waals surface area contributed by atoms with Crippen molar-refractivity contribution in [1.82, 2.24) is 5.32 Å². The minimum atomic E-state index is -0.795. The number of amides is 1. The van der Waals surface area contributed by atoms with Crippen molar-refractivity contribution < 1.29 is 14.7 Å². The lowest BCUT2D eigenvalue weighted by atomic mass is 9.95. The molecule has 0 atom stereocenters. The van der Waals surface area contributed by atoms with Crippen molar-refractivity contribution in [2.75, 3.05) is 7.11 Å². The second-order valence-corrected chi connectivity index (χ2v) is 5.51. The molecule has 0 aliphatic heterocycles. The Balaban J connectivity index is 2.28. The van der Waals surface area contributed by atoms with E-state index in [0.29, 0.717) is 29.2 Å². The number of carbonyl (C=O) groups is 1. The first kappa shape index (κ1) is 15.4. The molecule has 0 radical (unpaired) electrons. The lowest BCUT2D eigenvalue weighted by Gasteiger charge is -2.29. The Morgan fingerprint density at radius 1 is 1.48 bits per heavy atom. The summed E-state index contributed by atoms with van der Waals surface area (Å²) in [6.45, 7) is 0. The Hall–Kier alpha value is -1.95. The number of halogens is 1. The highest BCUT2D eigenvalue weighted by atomic mass is 35.5. The van der Waals surface area contributed by atoms with E-state index in [1.807, 2.05) is 0 Å². The second-order valence-electron chi connectivity index (χ2n) is 5.07. The lowest BCUT2D eigenvalue weighted by molar-refractivity contribution is 0.0919. The number of benzene rings is 1. The van der Waals surface area contributed by atoms with E-state index in [2.05, 4.69) is 10.5 Å². The first-order valence-electron chi connectivity index (χ1n) is 6.66. The van der Waals surface area contributed by atoms with Gasteiger partial charge in [0.25, 0.3) is 5.91 Å². The van der Waals surface area contributed by atoms with Gasteiger partial charge < -0.3 is 21.0 Å². The third kappa shape index (κ3) is 3.05. The molecule has 0 aromatic heterocycles. The minimum Gasteiger partial charge on any atom is -0.496 e. The third-order valence-electron chi connectivity index (χ3n) is 3.82. The molecule has 6 nitrogen and oxygen atoms in total. The number of hydrogen-bond acceptors (Lipinski definition) is 4. The number of nitrogens with two attached hydrogens (primary N) is 1. The number of rotatable bonds is 4. The standard InChI is InChI=1S/C14H18ClN3O3/c1-21-11-8-9(15)4-5-10(11)12(19)17-14(13(16)18-20)6-2-3-7-14/h4-5,8,20H,2-3,6-7H2,1H3,(H2,16,18)(H,17,19). The molecular formula is C14H18ClN3O3. The predicted octanol–water partition coefficient (Wildman–Crippen LogP) is 2.14. The zero-order chi connectivity index (χ0) is 15.5. The normalized spacial score (nSPS) is 17.5. The van der Waals surface area contributed by atoms with Crippen molar-refractivity contribution in [3.63, 3.8) is 0 Å². The second kappa shape index (κ2) is 6.22. The summed E-state index contributed by atoms with van der Waals surface area (Å²) < 4.78 is 5.18. The van der Waals surface area contributed by atoms with Crippen molar-refractivity contribution >= 4 is 23.3 Å². The van der Waals surface area contributed by atoms with Crippen molar-refractivity contribution in [2.24, 2.45) is 10.9 Å². The van der Waals surface area contributed by atoms with E-state index < -0.39 is 5.54 Å². The Kier molecular flexibility index (Phi) is 4.57. The quantitative estimate of drug-likeness (QED) is 0.343. The summed E-state index contributed by atoms with van der Waals surface area (Å²) in [5.74, 6) is 0.0750. The molecule has 1 aliphatic rings. The highest BCUT2D eigenvalue weighted by Gasteiger charge is 2.40. The average Bonchev–Trinajstić information content (AvgIpc) is 2.95. The maximum Gasteiger partial charge on any atom is 0.255 e. The van der Waals surface area contributed by atoms with Crippen molar-refractivity contribution in [2.45, 2.75) is 31.2 Å². The smallest absolute Gasteiger partial charge is 0.255 e. The Labute approximate surface area is 127 Å². The molecule has 1 aromatic rings. The molecule has 0 bridgehead atoms. The molecule has 2 rings (SSSR count). The molecule has 21 heavy (non-hydrogen) atoms. The van der Waals surface area contributed by atoms with Gasteiger partial charge >= 0.3 is 0 Å². The molecular weight excluding hydrogens is 294 g/mol. The fraction of sp³-hybridized carbons (Fsp3) is 0.429. The maximum absolute atomic E-state index is 12.5. The molecule has 1 aliphatic carbocycles. The maximum atomic E-state index is 12.5. The van der Waals surface area contributed by atoms with Gasteiger partial charge in [-0.05, 0) is 31.0 Å². The summed E-state index contributed by atoms with van der Waals surface area (Å²) in [7, 11) is 1.47. The first-order valence-corrected chi connectivity index (χ1v) is 7.04. The van der Waals surface area contributed by atoms with Gasteiger partial charge in [0.05, 0.1) is 12.7 Å². The van der Waals surface area contributed by atoms with Crippen LogP contribution in [-0.4, -0.2) is 29.6 Å². The van der Waals surface area contributed by atoms with Gasteiger partial charge in [-0.1, -0.05) is 29.6 Å². The summed E-state index contributed by atoms with van der Waals surface area (Å²) >= 11 is 5.89. The molecule has 1 fully saturated rings. The molecule has 1 amide bonds. The SMILES string of the molecule is COc1cc(Cl)ccc1C(=O)NC1(C(N)=NO)CCCC1. The Bertz CT molecular complexity index is 569. The molecule has 114 valence electrons. The highest BCUT2D eigenvalue weighted by Crippen LogP contribution is 2.31. The van der Waals surface area contributed by atoms with Gasteiger partial charge in [0.1, 0.15) is 11.3 Å². The number of nitrogens with one attached hydrogen (secondary N) is 1. The molecule has 0 heterocycles. The van der Waals surface area contributed by atoms with E-state index in [0.717, 1.165) is 12.8 Å². The van der Waals surface area contributed by atoms with Gasteiger partial charge in [-0.25, -0.2) is 0 Å². The monoisotopic (exact) mass is 311 g/mol. The number of ether oxygens (including phenoxy) is 1. The van der Waals surface area contributed by atoms with Crippen LogP contribution >= 0.6 is 11.6 Å². The molecule has 1 aromatic carbocycles. The summed E-state index contributed by atoms with van der Waals surface area (Å²) in [5, 5.41) is 15.4. The van der Waals surface area contributed by atoms with Gasteiger partial charge in [0.15, 0.2) is 5.84 Å². The van der Waals surface area contributed by atoms with Crippen molar-refractivity contribution in [3.05, 3.63) is 28.8 Å². The Morgan fingerprint density at radius 3 is 2.71 bits per heavy atom. The van der Waals surface area contributed by atoms with Crippen molar-refractivity contribution in [3.8, 4) is 5.75 Å². The van der Waals surface area contributed by atoms with Gasteiger partial charge in [-0.2, -0.15) is 0 Å². The van der Waals surface area contributed by atoms with Gasteiger partial charge in [-0.15, -0.1) is 0 Å². The van der Waals surface area contributed by atoms with Crippen LogP contribution in [0.25, 0.3) is 0 Å². The summed E-state index contributed by atoms with van der Waals surface area (Å²) in [6, 6.07) is 4.77.